The highest BCUT2D eigenvalue weighted by Crippen LogP contribution is 2.31. The molecule has 3 aromatic rings. The van der Waals surface area contributed by atoms with E-state index in [-0.39, 0.29) is 0 Å². The number of ether oxygens (including phenoxy) is 3. The minimum atomic E-state index is 0.566. The highest BCUT2D eigenvalue weighted by Gasteiger charge is 2.18. The molecule has 1 aliphatic heterocycles. The number of methoxy groups -OCH3 is 1. The first-order valence-corrected chi connectivity index (χ1v) is 11.8. The Morgan fingerprint density at radius 2 is 1.88 bits per heavy atom. The van der Waals surface area contributed by atoms with Crippen molar-refractivity contribution < 1.29 is 14.2 Å². The Kier molecular flexibility index (Phi) is 7.22. The monoisotopic (exact) mass is 454 g/mol. The first-order chi connectivity index (χ1) is 15.5. The lowest BCUT2D eigenvalue weighted by molar-refractivity contribution is 0.171. The summed E-state index contributed by atoms with van der Waals surface area (Å²) in [6.07, 6.45) is 0. The van der Waals surface area contributed by atoms with E-state index < -0.39 is 0 Å². The fraction of sp³-hybridized carbons (Fsp3) is 0.417. The second-order valence-corrected chi connectivity index (χ2v) is 9.28. The summed E-state index contributed by atoms with van der Waals surface area (Å²) in [7, 11) is 3.77. The minimum absolute atomic E-state index is 0.566. The minimum Gasteiger partial charge on any atom is -0.497 e. The van der Waals surface area contributed by atoms with Gasteiger partial charge in [0.05, 0.1) is 19.3 Å². The zero-order chi connectivity index (χ0) is 22.5. The topological polar surface area (TPSA) is 61.6 Å². The molecule has 2 aromatic carbocycles. The molecule has 2 heterocycles. The van der Waals surface area contributed by atoms with E-state index in [4.69, 9.17) is 14.2 Å². The van der Waals surface area contributed by atoms with Crippen molar-refractivity contribution in [1.29, 1.82) is 0 Å². The summed E-state index contributed by atoms with van der Waals surface area (Å²) in [6, 6.07) is 14.2. The number of fused-ring (bicyclic) bond motifs is 1. The van der Waals surface area contributed by atoms with E-state index in [1.165, 1.54) is 5.56 Å². The Balaban J connectivity index is 1.55. The highest BCUT2D eigenvalue weighted by atomic mass is 32.2. The van der Waals surface area contributed by atoms with Crippen LogP contribution in [0.3, 0.4) is 0 Å². The lowest BCUT2D eigenvalue weighted by atomic mass is 10.2. The molecule has 7 nitrogen and oxygen atoms in total. The number of aromatic nitrogens is 3. The third-order valence-corrected chi connectivity index (χ3v) is 6.38. The van der Waals surface area contributed by atoms with E-state index in [1.54, 1.807) is 18.9 Å². The molecule has 0 aliphatic carbocycles. The smallest absolute Gasteiger partial charge is 0.195 e. The van der Waals surface area contributed by atoms with E-state index in [0.717, 1.165) is 46.2 Å². The molecule has 0 unspecified atom stereocenters. The zero-order valence-electron chi connectivity index (χ0n) is 19.1. The normalized spacial score (nSPS) is 13.1. The van der Waals surface area contributed by atoms with Gasteiger partial charge < -0.3 is 14.2 Å². The van der Waals surface area contributed by atoms with Gasteiger partial charge in [0.1, 0.15) is 19.0 Å². The third-order valence-electron chi connectivity index (χ3n) is 5.03. The van der Waals surface area contributed by atoms with E-state index in [1.807, 2.05) is 24.3 Å². The van der Waals surface area contributed by atoms with E-state index >= 15 is 0 Å². The number of rotatable bonds is 9. The van der Waals surface area contributed by atoms with Gasteiger partial charge in [0.2, 0.25) is 0 Å². The fourth-order valence-corrected chi connectivity index (χ4v) is 4.46. The second kappa shape index (κ2) is 10.3. The van der Waals surface area contributed by atoms with Crippen molar-refractivity contribution >= 4 is 11.8 Å². The Bertz CT molecular complexity index is 1050. The van der Waals surface area contributed by atoms with E-state index in [0.29, 0.717) is 25.7 Å². The van der Waals surface area contributed by atoms with Crippen LogP contribution in [-0.2, 0) is 13.1 Å². The molecule has 1 aromatic heterocycles. The van der Waals surface area contributed by atoms with Crippen molar-refractivity contribution in [2.45, 2.75) is 32.1 Å². The number of hydrogen-bond donors (Lipinski definition) is 0. The van der Waals surface area contributed by atoms with Crippen LogP contribution >= 0.6 is 11.8 Å². The lowest BCUT2D eigenvalue weighted by Crippen LogP contribution is -2.21. The van der Waals surface area contributed by atoms with Crippen LogP contribution in [0.15, 0.2) is 47.6 Å². The average Bonchev–Trinajstić information content (AvgIpc) is 3.19. The Labute approximate surface area is 193 Å². The van der Waals surface area contributed by atoms with Crippen LogP contribution in [-0.4, -0.2) is 52.8 Å². The predicted molar refractivity (Wildman–Crippen MR) is 126 cm³/mol. The largest absolute Gasteiger partial charge is 0.497 e. The molecule has 1 aliphatic rings. The van der Waals surface area contributed by atoms with Gasteiger partial charge in [-0.2, -0.15) is 0 Å². The molecule has 0 N–H and O–H groups in total. The van der Waals surface area contributed by atoms with Crippen LogP contribution in [0.2, 0.25) is 0 Å². The molecule has 0 bridgehead atoms. The van der Waals surface area contributed by atoms with Crippen molar-refractivity contribution in [2.24, 2.45) is 5.92 Å². The van der Waals surface area contributed by atoms with Crippen LogP contribution in [0.5, 0.6) is 17.2 Å². The third kappa shape index (κ3) is 5.37. The predicted octanol–water partition coefficient (Wildman–Crippen LogP) is 4.43. The summed E-state index contributed by atoms with van der Waals surface area (Å²) in [5.74, 6) is 4.88. The lowest BCUT2D eigenvalue weighted by Gasteiger charge is -2.21. The summed E-state index contributed by atoms with van der Waals surface area (Å²) < 4.78 is 18.9. The molecule has 0 saturated carbocycles. The molecule has 0 amide bonds. The van der Waals surface area contributed by atoms with Crippen molar-refractivity contribution in [3.63, 3.8) is 0 Å². The van der Waals surface area contributed by atoms with Crippen LogP contribution in [0.4, 0.5) is 0 Å². The van der Waals surface area contributed by atoms with Gasteiger partial charge in [0.25, 0.3) is 0 Å². The number of hydrogen-bond acceptors (Lipinski definition) is 7. The molecule has 170 valence electrons. The maximum atomic E-state index is 5.73. The molecule has 0 spiro atoms. The van der Waals surface area contributed by atoms with E-state index in [9.17, 15) is 0 Å². The molecule has 8 heteroatoms. The van der Waals surface area contributed by atoms with Gasteiger partial charge in [-0.25, -0.2) is 0 Å². The van der Waals surface area contributed by atoms with Gasteiger partial charge in [-0.1, -0.05) is 37.7 Å². The zero-order valence-corrected chi connectivity index (χ0v) is 19.9. The Morgan fingerprint density at radius 1 is 1.06 bits per heavy atom. The van der Waals surface area contributed by atoms with Crippen LogP contribution in [0.1, 0.15) is 25.2 Å². The summed E-state index contributed by atoms with van der Waals surface area (Å²) in [6.45, 7) is 7.02. The first-order valence-electron chi connectivity index (χ1n) is 10.8. The summed E-state index contributed by atoms with van der Waals surface area (Å²) in [5.41, 5.74) is 2.17. The second-order valence-electron chi connectivity index (χ2n) is 8.29. The standard InChI is InChI=1S/C24H30N4O3S/c1-17(2)16-32-24-26-25-23(28(24)19-6-5-7-20(13-19)29-4)15-27(3)14-18-8-9-21-22(12-18)31-11-10-30-21/h5-9,12-13,17H,10-11,14-16H2,1-4H3. The molecule has 0 atom stereocenters. The maximum Gasteiger partial charge on any atom is 0.195 e. The summed E-state index contributed by atoms with van der Waals surface area (Å²) in [4.78, 5) is 2.23. The molecule has 4 rings (SSSR count). The fourth-order valence-electron chi connectivity index (χ4n) is 3.54. The average molecular weight is 455 g/mol. The summed E-state index contributed by atoms with van der Waals surface area (Å²) in [5, 5.41) is 9.95. The molecule has 0 saturated heterocycles. The quantitative estimate of drug-likeness (QED) is 0.443. The molecular formula is C24H30N4O3S. The van der Waals surface area contributed by atoms with Crippen molar-refractivity contribution in [1.82, 2.24) is 19.7 Å². The van der Waals surface area contributed by atoms with Gasteiger partial charge >= 0.3 is 0 Å². The van der Waals surface area contributed by atoms with Crippen molar-refractivity contribution in [3.05, 3.63) is 53.9 Å². The molecule has 0 radical (unpaired) electrons. The van der Waals surface area contributed by atoms with Gasteiger partial charge in [-0.3, -0.25) is 9.47 Å². The SMILES string of the molecule is COc1cccc(-n2c(CN(C)Cc3ccc4c(c3)OCCO4)nnc2SCC(C)C)c1. The van der Waals surface area contributed by atoms with Gasteiger partial charge in [0, 0.05) is 18.4 Å². The number of thioether (sulfide) groups is 1. The Hall–Kier alpha value is -2.71. The van der Waals surface area contributed by atoms with E-state index in [2.05, 4.69) is 58.8 Å². The van der Waals surface area contributed by atoms with Gasteiger partial charge in [-0.15, -0.1) is 10.2 Å². The number of nitrogens with zero attached hydrogens (tertiary/aromatic N) is 4. The maximum absolute atomic E-state index is 5.73. The van der Waals surface area contributed by atoms with Crippen LogP contribution in [0, 0.1) is 5.92 Å². The molecule has 0 fully saturated rings. The van der Waals surface area contributed by atoms with Crippen LogP contribution in [0.25, 0.3) is 5.69 Å². The van der Waals surface area contributed by atoms with Crippen molar-refractivity contribution in [2.75, 3.05) is 33.1 Å². The van der Waals surface area contributed by atoms with Crippen molar-refractivity contribution in [3.8, 4) is 22.9 Å². The first kappa shape index (κ1) is 22.5. The molecule has 32 heavy (non-hydrogen) atoms. The van der Waals surface area contributed by atoms with Crippen LogP contribution < -0.4 is 14.2 Å². The number of benzene rings is 2. The summed E-state index contributed by atoms with van der Waals surface area (Å²) >= 11 is 1.73. The Morgan fingerprint density at radius 3 is 2.66 bits per heavy atom. The highest BCUT2D eigenvalue weighted by molar-refractivity contribution is 7.99. The van der Waals surface area contributed by atoms with Gasteiger partial charge in [-0.05, 0) is 42.8 Å². The van der Waals surface area contributed by atoms with Gasteiger partial charge in [0.15, 0.2) is 22.5 Å². The molecular weight excluding hydrogens is 424 g/mol.